The van der Waals surface area contributed by atoms with Gasteiger partial charge >= 0.3 is 16.4 Å². The van der Waals surface area contributed by atoms with E-state index >= 15 is 0 Å². The van der Waals surface area contributed by atoms with Crippen molar-refractivity contribution in [2.75, 3.05) is 26.4 Å². The monoisotopic (exact) mass is 849 g/mol. The highest BCUT2D eigenvalue weighted by molar-refractivity contribution is 7.80. The molecule has 0 aliphatic carbocycles. The van der Waals surface area contributed by atoms with Crippen LogP contribution in [0.15, 0.2) is 24.3 Å². The lowest BCUT2D eigenvalue weighted by Crippen LogP contribution is -2.60. The number of aliphatic hydroxyl groups is 3. The van der Waals surface area contributed by atoms with Gasteiger partial charge in [-0.2, -0.15) is 8.42 Å². The van der Waals surface area contributed by atoms with Crippen LogP contribution in [0.4, 0.5) is 0 Å². The van der Waals surface area contributed by atoms with Crippen LogP contribution in [0.2, 0.25) is 0 Å². The van der Waals surface area contributed by atoms with Crippen LogP contribution in [0.3, 0.4) is 0 Å². The van der Waals surface area contributed by atoms with E-state index in [4.69, 9.17) is 23.5 Å². The van der Waals surface area contributed by atoms with E-state index in [-0.39, 0.29) is 19.6 Å². The molecule has 12 nitrogen and oxygen atoms in total. The van der Waals surface area contributed by atoms with Gasteiger partial charge in [-0.1, -0.05) is 147 Å². The summed E-state index contributed by atoms with van der Waals surface area (Å²) >= 11 is 0. The minimum Gasteiger partial charge on any atom is -0.457 e. The number of carbonyl (C=O) groups excluding carboxylic acids is 1. The lowest BCUT2D eigenvalue weighted by Gasteiger charge is -2.41. The summed E-state index contributed by atoms with van der Waals surface area (Å²) in [5.41, 5.74) is 0. The summed E-state index contributed by atoms with van der Waals surface area (Å²) < 4.78 is 59.0. The molecule has 6 unspecified atom stereocenters. The van der Waals surface area contributed by atoms with E-state index in [1.54, 1.807) is 0 Å². The Balaban J connectivity index is 2.42. The Morgan fingerprint density at radius 1 is 0.638 bits per heavy atom. The number of aliphatic hydroxyl groups excluding tert-OH is 3. The molecular formula is C45H84O12S. The standard InChI is InChI=1S/C45H84O12S/c1-3-5-7-9-11-13-15-17-18-19-20-21-22-24-26-28-30-32-34-41(47)55-39(37-53-35-33-31-29-27-25-23-16-14-12-10-8-6-4-2)38-54-45-43(49)44(57-58(50,51)52)42(48)40(36-46)56-45/h12,14,18-19,39-40,42-46,48-49H,3-11,13,15-17,20-38H2,1-2H3,(H,50,51,52)/b14-12-,19-18-. The predicted molar refractivity (Wildman–Crippen MR) is 230 cm³/mol. The summed E-state index contributed by atoms with van der Waals surface area (Å²) in [5.74, 6) is -0.405. The van der Waals surface area contributed by atoms with Crippen molar-refractivity contribution in [1.29, 1.82) is 0 Å². The molecule has 0 aromatic heterocycles. The van der Waals surface area contributed by atoms with Gasteiger partial charge < -0.3 is 34.3 Å². The number of rotatable bonds is 40. The van der Waals surface area contributed by atoms with Gasteiger partial charge in [-0.05, 0) is 64.2 Å². The van der Waals surface area contributed by atoms with Crippen molar-refractivity contribution in [3.05, 3.63) is 24.3 Å². The molecule has 0 aromatic rings. The predicted octanol–water partition coefficient (Wildman–Crippen LogP) is 9.63. The molecule has 4 N–H and O–H groups in total. The SMILES string of the molecule is CCCCC/C=C\CCCCCCCCOCC(COC1OC(CO)C(O)C(OS(=O)(=O)O)C1O)OC(=O)CCCCCCCCC/C=C\CCCCCCCCC. The Hall–Kier alpha value is -1.42. The van der Waals surface area contributed by atoms with E-state index in [0.717, 1.165) is 51.4 Å². The fraction of sp³-hybridized carbons (Fsp3) is 0.889. The minimum atomic E-state index is -5.06. The van der Waals surface area contributed by atoms with Crippen molar-refractivity contribution in [2.24, 2.45) is 0 Å². The van der Waals surface area contributed by atoms with Crippen molar-refractivity contribution in [3.8, 4) is 0 Å². The molecule has 1 heterocycles. The molecule has 58 heavy (non-hydrogen) atoms. The van der Waals surface area contributed by atoms with Crippen LogP contribution < -0.4 is 0 Å². The number of allylic oxidation sites excluding steroid dienone is 4. The first-order valence-electron chi connectivity index (χ1n) is 23.1. The van der Waals surface area contributed by atoms with Gasteiger partial charge in [0, 0.05) is 13.0 Å². The normalized spacial score (nSPS) is 20.7. The molecule has 0 bridgehead atoms. The molecular weight excluding hydrogens is 765 g/mol. The first-order valence-corrected chi connectivity index (χ1v) is 24.5. The third-order valence-electron chi connectivity index (χ3n) is 10.5. The van der Waals surface area contributed by atoms with Crippen LogP contribution in [0, 0.1) is 0 Å². The quantitative estimate of drug-likeness (QED) is 0.0199. The zero-order valence-electron chi connectivity index (χ0n) is 36.4. The highest BCUT2D eigenvalue weighted by Gasteiger charge is 2.48. The van der Waals surface area contributed by atoms with E-state index in [2.05, 4.69) is 42.3 Å². The minimum absolute atomic E-state index is 0.0322. The summed E-state index contributed by atoms with van der Waals surface area (Å²) in [4.78, 5) is 12.8. The fourth-order valence-electron chi connectivity index (χ4n) is 7.01. The Labute approximate surface area is 352 Å². The first kappa shape index (κ1) is 54.6. The van der Waals surface area contributed by atoms with Gasteiger partial charge in [-0.25, -0.2) is 4.18 Å². The Morgan fingerprint density at radius 2 is 1.09 bits per heavy atom. The highest BCUT2D eigenvalue weighted by Crippen LogP contribution is 2.26. The van der Waals surface area contributed by atoms with Crippen LogP contribution in [0.5, 0.6) is 0 Å². The average Bonchev–Trinajstić information content (AvgIpc) is 3.19. The van der Waals surface area contributed by atoms with Gasteiger partial charge in [-0.15, -0.1) is 0 Å². The van der Waals surface area contributed by atoms with Crippen molar-refractivity contribution in [2.45, 2.75) is 230 Å². The van der Waals surface area contributed by atoms with Gasteiger partial charge in [0.25, 0.3) is 0 Å². The summed E-state index contributed by atoms with van der Waals surface area (Å²) in [5, 5.41) is 30.6. The van der Waals surface area contributed by atoms with E-state index in [1.165, 1.54) is 116 Å². The fourth-order valence-corrected chi connectivity index (χ4v) is 7.52. The van der Waals surface area contributed by atoms with Crippen molar-refractivity contribution in [3.63, 3.8) is 0 Å². The number of carbonyl (C=O) groups is 1. The average molecular weight is 849 g/mol. The number of unbranched alkanes of at least 4 members (excludes halogenated alkanes) is 23. The lowest BCUT2D eigenvalue weighted by molar-refractivity contribution is -0.301. The van der Waals surface area contributed by atoms with Gasteiger partial charge in [-0.3, -0.25) is 9.35 Å². The third-order valence-corrected chi connectivity index (χ3v) is 11.0. The zero-order chi connectivity index (χ0) is 42.5. The molecule has 13 heteroatoms. The second-order valence-corrected chi connectivity index (χ2v) is 17.0. The Morgan fingerprint density at radius 3 is 1.59 bits per heavy atom. The molecule has 0 radical (unpaired) electrons. The molecule has 0 spiro atoms. The van der Waals surface area contributed by atoms with Crippen LogP contribution in [-0.2, 0) is 38.3 Å². The van der Waals surface area contributed by atoms with Gasteiger partial charge in [0.2, 0.25) is 0 Å². The Bertz CT molecular complexity index is 1120. The van der Waals surface area contributed by atoms with Crippen LogP contribution in [0.25, 0.3) is 0 Å². The molecule has 0 aromatic carbocycles. The number of esters is 1. The van der Waals surface area contributed by atoms with Gasteiger partial charge in [0.15, 0.2) is 6.29 Å². The van der Waals surface area contributed by atoms with Crippen LogP contribution >= 0.6 is 0 Å². The topological polar surface area (TPSA) is 178 Å². The zero-order valence-corrected chi connectivity index (χ0v) is 37.2. The second-order valence-electron chi connectivity index (χ2n) is 16.0. The van der Waals surface area contributed by atoms with E-state index < -0.39 is 59.8 Å². The van der Waals surface area contributed by atoms with Crippen molar-refractivity contribution in [1.82, 2.24) is 0 Å². The number of hydrogen-bond acceptors (Lipinski definition) is 11. The number of hydrogen-bond donors (Lipinski definition) is 4. The summed E-state index contributed by atoms with van der Waals surface area (Å²) in [6.07, 6.45) is 32.1. The summed E-state index contributed by atoms with van der Waals surface area (Å²) in [6, 6.07) is 0. The van der Waals surface area contributed by atoms with Crippen LogP contribution in [-0.4, -0.2) is 97.5 Å². The second kappa shape index (κ2) is 37.4. The maximum Gasteiger partial charge on any atom is 0.397 e. The van der Waals surface area contributed by atoms with Gasteiger partial charge in [0.05, 0.1) is 19.8 Å². The molecule has 1 rings (SSSR count). The molecule has 1 aliphatic rings. The van der Waals surface area contributed by atoms with Crippen molar-refractivity contribution < 1.29 is 56.2 Å². The van der Waals surface area contributed by atoms with Crippen LogP contribution in [0.1, 0.15) is 194 Å². The molecule has 0 saturated carbocycles. The number of ether oxygens (including phenoxy) is 4. The smallest absolute Gasteiger partial charge is 0.397 e. The molecule has 6 atom stereocenters. The van der Waals surface area contributed by atoms with E-state index in [0.29, 0.717) is 13.0 Å². The summed E-state index contributed by atoms with van der Waals surface area (Å²) in [7, 11) is -5.06. The maximum absolute atomic E-state index is 12.8. The Kier molecular flexibility index (Phi) is 35.2. The van der Waals surface area contributed by atoms with E-state index in [9.17, 15) is 28.5 Å². The molecule has 342 valence electrons. The van der Waals surface area contributed by atoms with E-state index in [1.807, 2.05) is 0 Å². The molecule has 1 saturated heterocycles. The third kappa shape index (κ3) is 30.6. The molecule has 1 aliphatic heterocycles. The highest BCUT2D eigenvalue weighted by atomic mass is 32.3. The molecule has 1 fully saturated rings. The maximum atomic E-state index is 12.8. The first-order chi connectivity index (χ1) is 28.1. The largest absolute Gasteiger partial charge is 0.457 e. The molecule has 0 amide bonds. The van der Waals surface area contributed by atoms with Gasteiger partial charge in [0.1, 0.15) is 30.5 Å². The van der Waals surface area contributed by atoms with Crippen molar-refractivity contribution >= 4 is 16.4 Å². The summed E-state index contributed by atoms with van der Waals surface area (Å²) in [6.45, 7) is 3.96. The lowest BCUT2D eigenvalue weighted by atomic mass is 9.99.